The van der Waals surface area contributed by atoms with E-state index in [-0.39, 0.29) is 0 Å². The van der Waals surface area contributed by atoms with Gasteiger partial charge in [-0.2, -0.15) is 5.10 Å². The number of nitrogens with zero attached hydrogens (tertiary/aromatic N) is 5. The first-order chi connectivity index (χ1) is 9.74. The van der Waals surface area contributed by atoms with Gasteiger partial charge >= 0.3 is 0 Å². The second-order valence-corrected chi connectivity index (χ2v) is 5.90. The third-order valence-electron chi connectivity index (χ3n) is 4.64. The first-order valence-electron chi connectivity index (χ1n) is 7.14. The maximum absolute atomic E-state index is 5.57. The van der Waals surface area contributed by atoms with Crippen LogP contribution in [0.25, 0.3) is 11.0 Å². The summed E-state index contributed by atoms with van der Waals surface area (Å²) in [5, 5.41) is 5.08. The van der Waals surface area contributed by atoms with E-state index in [1.807, 2.05) is 7.05 Å². The van der Waals surface area contributed by atoms with Crippen LogP contribution < -0.4 is 11.3 Å². The van der Waals surface area contributed by atoms with Crippen molar-refractivity contribution in [1.82, 2.24) is 24.6 Å². The van der Waals surface area contributed by atoms with Gasteiger partial charge in [-0.1, -0.05) is 0 Å². The highest BCUT2D eigenvalue weighted by Crippen LogP contribution is 2.38. The lowest BCUT2D eigenvalue weighted by Gasteiger charge is -2.25. The predicted molar refractivity (Wildman–Crippen MR) is 75.7 cm³/mol. The number of aromatic nitrogens is 4. The highest BCUT2D eigenvalue weighted by molar-refractivity contribution is 5.86. The number of piperidine rings is 1. The molecule has 0 spiro atoms. The van der Waals surface area contributed by atoms with Gasteiger partial charge < -0.3 is 5.43 Å². The van der Waals surface area contributed by atoms with Crippen molar-refractivity contribution in [3.63, 3.8) is 0 Å². The molecule has 106 valence electrons. The van der Waals surface area contributed by atoms with Crippen LogP contribution in [0.1, 0.15) is 25.1 Å². The Morgan fingerprint density at radius 3 is 3.00 bits per heavy atom. The van der Waals surface area contributed by atoms with Crippen molar-refractivity contribution in [1.29, 1.82) is 0 Å². The molecule has 3 N–H and O–H groups in total. The van der Waals surface area contributed by atoms with E-state index in [0.29, 0.717) is 5.82 Å². The Balaban J connectivity index is 1.67. The van der Waals surface area contributed by atoms with Crippen LogP contribution in [0.15, 0.2) is 6.20 Å². The van der Waals surface area contributed by atoms with Crippen LogP contribution in [0.2, 0.25) is 0 Å². The lowest BCUT2D eigenvalue weighted by atomic mass is 10.1. The molecule has 2 atom stereocenters. The highest BCUT2D eigenvalue weighted by atomic mass is 15.3. The third kappa shape index (κ3) is 1.77. The normalized spacial score (nSPS) is 25.7. The zero-order chi connectivity index (χ0) is 13.7. The molecule has 4 rings (SSSR count). The second kappa shape index (κ2) is 4.39. The van der Waals surface area contributed by atoms with Crippen LogP contribution in [-0.2, 0) is 13.6 Å². The first kappa shape index (κ1) is 12.0. The zero-order valence-electron chi connectivity index (χ0n) is 11.6. The Morgan fingerprint density at radius 1 is 1.40 bits per heavy atom. The standard InChI is InChI=1S/C13H19N7/c1-19-13-10(5-15-19)12(18-14)16-11(17-13)7-20-6-8-2-3-9(20)4-8/h5,8-9H,2-4,6-7,14H2,1H3,(H,16,17,18). The molecule has 1 aliphatic carbocycles. The summed E-state index contributed by atoms with van der Waals surface area (Å²) in [4.78, 5) is 11.7. The number of likely N-dealkylation sites (tertiary alicyclic amines) is 1. The lowest BCUT2D eigenvalue weighted by molar-refractivity contribution is 0.201. The number of hydrazine groups is 1. The van der Waals surface area contributed by atoms with E-state index in [2.05, 4.69) is 25.4 Å². The topological polar surface area (TPSA) is 84.9 Å². The van der Waals surface area contributed by atoms with Gasteiger partial charge in [0.25, 0.3) is 0 Å². The Morgan fingerprint density at radius 2 is 2.30 bits per heavy atom. The minimum Gasteiger partial charge on any atom is -0.308 e. The number of hydrogen-bond acceptors (Lipinski definition) is 6. The molecule has 1 saturated heterocycles. The van der Waals surface area contributed by atoms with Gasteiger partial charge in [-0.25, -0.2) is 15.8 Å². The fourth-order valence-electron chi connectivity index (χ4n) is 3.65. The van der Waals surface area contributed by atoms with E-state index in [1.165, 1.54) is 25.8 Å². The molecule has 2 fully saturated rings. The van der Waals surface area contributed by atoms with Gasteiger partial charge in [0, 0.05) is 19.6 Å². The SMILES string of the molecule is Cn1ncc2c(NN)nc(CN3CC4CCC3C4)nc21. The Labute approximate surface area is 117 Å². The molecule has 7 heteroatoms. The van der Waals surface area contributed by atoms with Gasteiger partial charge in [0.05, 0.1) is 18.1 Å². The summed E-state index contributed by atoms with van der Waals surface area (Å²) in [5.41, 5.74) is 3.49. The van der Waals surface area contributed by atoms with Crippen molar-refractivity contribution < 1.29 is 0 Å². The van der Waals surface area contributed by atoms with E-state index >= 15 is 0 Å². The van der Waals surface area contributed by atoms with Gasteiger partial charge in [-0.05, 0) is 25.2 Å². The van der Waals surface area contributed by atoms with Gasteiger partial charge in [-0.15, -0.1) is 0 Å². The number of rotatable bonds is 3. The summed E-state index contributed by atoms with van der Waals surface area (Å²) in [5.74, 6) is 7.93. The van der Waals surface area contributed by atoms with E-state index in [4.69, 9.17) is 5.84 Å². The molecular weight excluding hydrogens is 254 g/mol. The molecule has 0 radical (unpaired) electrons. The summed E-state index contributed by atoms with van der Waals surface area (Å²) in [6, 6.07) is 0.722. The number of nitrogens with two attached hydrogens (primary N) is 1. The molecule has 2 unspecified atom stereocenters. The molecule has 20 heavy (non-hydrogen) atoms. The summed E-state index contributed by atoms with van der Waals surface area (Å²) in [7, 11) is 1.89. The molecule has 2 aromatic heterocycles. The Kier molecular flexibility index (Phi) is 2.64. The fourth-order valence-corrected chi connectivity index (χ4v) is 3.65. The largest absolute Gasteiger partial charge is 0.308 e. The van der Waals surface area contributed by atoms with Gasteiger partial charge in [-0.3, -0.25) is 9.58 Å². The third-order valence-corrected chi connectivity index (χ3v) is 4.64. The fraction of sp³-hybridized carbons (Fsp3) is 0.615. The molecule has 1 aliphatic heterocycles. The van der Waals surface area contributed by atoms with Crippen LogP contribution in [0.5, 0.6) is 0 Å². The average Bonchev–Trinajstić information content (AvgIpc) is 3.15. The van der Waals surface area contributed by atoms with Gasteiger partial charge in [0.2, 0.25) is 0 Å². The van der Waals surface area contributed by atoms with Crippen molar-refractivity contribution in [2.75, 3.05) is 12.0 Å². The quantitative estimate of drug-likeness (QED) is 0.630. The number of nitrogen functional groups attached to an aromatic ring is 1. The van der Waals surface area contributed by atoms with Crippen LogP contribution in [0, 0.1) is 5.92 Å². The van der Waals surface area contributed by atoms with E-state index < -0.39 is 0 Å². The first-order valence-corrected chi connectivity index (χ1v) is 7.14. The molecular formula is C13H19N7. The molecule has 3 heterocycles. The van der Waals surface area contributed by atoms with E-state index in [1.54, 1.807) is 10.9 Å². The number of nitrogens with one attached hydrogen (secondary N) is 1. The summed E-state index contributed by atoms with van der Waals surface area (Å²) < 4.78 is 1.76. The number of anilines is 1. The highest BCUT2D eigenvalue weighted by Gasteiger charge is 2.37. The Hall–Kier alpha value is -1.73. The van der Waals surface area contributed by atoms with Crippen molar-refractivity contribution >= 4 is 16.9 Å². The molecule has 1 saturated carbocycles. The molecule has 0 aromatic carbocycles. The molecule has 0 amide bonds. The second-order valence-electron chi connectivity index (χ2n) is 5.90. The lowest BCUT2D eigenvalue weighted by Crippen LogP contribution is -2.32. The number of aryl methyl sites for hydroxylation is 1. The van der Waals surface area contributed by atoms with Gasteiger partial charge in [0.1, 0.15) is 5.82 Å². The van der Waals surface area contributed by atoms with Gasteiger partial charge in [0.15, 0.2) is 11.5 Å². The predicted octanol–water partition coefficient (Wildman–Crippen LogP) is 0.633. The molecule has 2 aliphatic rings. The summed E-state index contributed by atoms with van der Waals surface area (Å²) >= 11 is 0. The average molecular weight is 273 g/mol. The molecule has 2 bridgehead atoms. The van der Waals surface area contributed by atoms with Crippen molar-refractivity contribution in [2.45, 2.75) is 31.8 Å². The van der Waals surface area contributed by atoms with Crippen molar-refractivity contribution in [3.05, 3.63) is 12.0 Å². The molecule has 2 aromatic rings. The van der Waals surface area contributed by atoms with Crippen LogP contribution in [0.4, 0.5) is 5.82 Å². The Bertz CT molecular complexity index is 649. The van der Waals surface area contributed by atoms with E-state index in [0.717, 1.165) is 35.4 Å². The smallest absolute Gasteiger partial charge is 0.163 e. The van der Waals surface area contributed by atoms with Crippen LogP contribution in [0.3, 0.4) is 0 Å². The van der Waals surface area contributed by atoms with Crippen molar-refractivity contribution in [2.24, 2.45) is 18.8 Å². The zero-order valence-corrected chi connectivity index (χ0v) is 11.6. The van der Waals surface area contributed by atoms with Crippen molar-refractivity contribution in [3.8, 4) is 0 Å². The van der Waals surface area contributed by atoms with Crippen LogP contribution >= 0.6 is 0 Å². The maximum Gasteiger partial charge on any atom is 0.163 e. The van der Waals surface area contributed by atoms with Crippen LogP contribution in [-0.4, -0.2) is 37.2 Å². The maximum atomic E-state index is 5.57. The summed E-state index contributed by atoms with van der Waals surface area (Å²) in [6.45, 7) is 1.99. The minimum absolute atomic E-state index is 0.655. The summed E-state index contributed by atoms with van der Waals surface area (Å²) in [6.07, 6.45) is 5.79. The minimum atomic E-state index is 0.655. The monoisotopic (exact) mass is 273 g/mol. The number of hydrogen-bond donors (Lipinski definition) is 2. The van der Waals surface area contributed by atoms with E-state index in [9.17, 15) is 0 Å². The number of fused-ring (bicyclic) bond motifs is 3. The molecule has 7 nitrogen and oxygen atoms in total.